The quantitative estimate of drug-likeness (QED) is 0.323. The number of carboxylic acid groups (broad SMARTS) is 2. The van der Waals surface area contributed by atoms with Crippen molar-refractivity contribution in [1.82, 2.24) is 0 Å². The average Bonchev–Trinajstić information content (AvgIpc) is 0.811. The van der Waals surface area contributed by atoms with Crippen LogP contribution in [-0.4, -0.2) is 71.5 Å². The average molecular weight is 463 g/mol. The summed E-state index contributed by atoms with van der Waals surface area (Å²) in [6.07, 6.45) is -2.33. The Kier molecular flexibility index (Phi) is 485. The van der Waals surface area contributed by atoms with Crippen molar-refractivity contribution < 1.29 is 64.8 Å². The van der Waals surface area contributed by atoms with Crippen molar-refractivity contribution in [3.63, 3.8) is 0 Å². The minimum Gasteiger partial charge on any atom is -2.00 e. The molecule has 0 saturated carbocycles. The maximum Gasteiger partial charge on any atom is 5.00 e. The molecule has 64 valence electrons. The van der Waals surface area contributed by atoms with E-state index in [1.165, 1.54) is 0 Å². The van der Waals surface area contributed by atoms with Crippen LogP contribution in [0.4, 0.5) is 4.79 Å². The molecule has 0 aromatic rings. The molecule has 11 heavy (non-hydrogen) atoms. The van der Waals surface area contributed by atoms with E-state index in [-0.39, 0.29) is 98.6 Å². The van der Waals surface area contributed by atoms with E-state index >= 15 is 0 Å². The van der Waals surface area contributed by atoms with E-state index in [0.717, 1.165) is 0 Å². The Bertz CT molecular complexity index is 37.1. The van der Waals surface area contributed by atoms with Crippen molar-refractivity contribution in [1.29, 1.82) is 0 Å². The van der Waals surface area contributed by atoms with Crippen molar-refractivity contribution in [3.8, 4) is 0 Å². The first-order chi connectivity index (χ1) is 1.73. The second kappa shape index (κ2) is 63.9. The van der Waals surface area contributed by atoms with E-state index in [0.29, 0.717) is 0 Å². The van der Waals surface area contributed by atoms with Gasteiger partial charge in [-0.2, -0.15) is 0 Å². The maximum absolute atomic E-state index is 8.33. The molecule has 0 radical (unpaired) electrons. The monoisotopic (exact) mass is 464 g/mol. The third-order valence-corrected chi connectivity index (χ3v) is 0. The smallest absolute Gasteiger partial charge is 2.00 e. The van der Waals surface area contributed by atoms with Gasteiger partial charge in [-0.25, -0.2) is 0 Å². The predicted octanol–water partition coefficient (Wildman–Crippen LogP) is -4.89. The summed E-state index contributed by atoms with van der Waals surface area (Å²) >= 11 is 0. The molecule has 0 unspecified atom stereocenters. The molecule has 0 aliphatic heterocycles. The summed E-state index contributed by atoms with van der Waals surface area (Å²) < 4.78 is 0. The fraction of sp³-hybridized carbons (Fsp3) is 0. The molecule has 0 rings (SSSR count). The van der Waals surface area contributed by atoms with Gasteiger partial charge in [0, 0.05) is 0 Å². The van der Waals surface area contributed by atoms with Crippen molar-refractivity contribution in [2.75, 3.05) is 0 Å². The molecule has 5 N–H and O–H groups in total. The Morgan fingerprint density at radius 3 is 1.00 bits per heavy atom. The maximum atomic E-state index is 8.33. The van der Waals surface area contributed by atoms with Gasteiger partial charge in [0.1, 0.15) is 0 Å². The van der Waals surface area contributed by atoms with Crippen LogP contribution in [0.3, 0.4) is 0 Å². The molecule has 10 heteroatoms. The van der Waals surface area contributed by atoms with E-state index in [1.54, 1.807) is 0 Å². The number of rotatable bonds is 0. The fourth-order valence-electron chi connectivity index (χ4n) is 0. The Morgan fingerprint density at radius 2 is 1.00 bits per heavy atom. The van der Waals surface area contributed by atoms with Crippen LogP contribution in [-0.2, 0) is 33.3 Å². The van der Waals surface area contributed by atoms with Crippen molar-refractivity contribution in [2.24, 2.45) is 0 Å². The zero-order valence-electron chi connectivity index (χ0n) is 5.14. The van der Waals surface area contributed by atoms with Crippen LogP contribution in [0, 0.1) is 0 Å². The molecule has 0 aromatic carbocycles. The molecule has 0 fully saturated rings. The molecule has 0 aliphatic carbocycles. The van der Waals surface area contributed by atoms with Crippen LogP contribution in [0.1, 0.15) is 0 Å². The third kappa shape index (κ3) is 525. The van der Waals surface area contributed by atoms with Crippen molar-refractivity contribution >= 4 is 55.0 Å². The minimum absolute atomic E-state index is 0. The Hall–Kier alpha value is 1.38. The minimum atomic E-state index is -2.33. The number of carbonyl (C=O) groups excluding carboxylic acids is 1. The van der Waals surface area contributed by atoms with Gasteiger partial charge in [-0.3, -0.25) is 0 Å². The molecule has 0 aromatic heterocycles. The summed E-state index contributed by atoms with van der Waals surface area (Å²) in [7, 11) is 0. The first-order valence-corrected chi connectivity index (χ1v) is 0.612. The second-order valence-electron chi connectivity index (χ2n) is 0.250. The standard InChI is InChI=1S/CH2O3.Ba.3H2O.2O.Ta/c2-1(3)4;;;;;;;/h(H2,2,3,4);;3*1H2;;;/q;+2;;;;2*-2;+5/p-3. The molecule has 0 saturated heterocycles. The van der Waals surface area contributed by atoms with Gasteiger partial charge in [0.2, 0.25) is 0 Å². The van der Waals surface area contributed by atoms with Crippen LogP contribution < -0.4 is 10.2 Å². The van der Waals surface area contributed by atoms with Crippen molar-refractivity contribution in [2.45, 2.75) is 0 Å². The van der Waals surface area contributed by atoms with Crippen LogP contribution in [0.5, 0.6) is 0 Å². The van der Waals surface area contributed by atoms with Crippen LogP contribution >= 0.6 is 0 Å². The third-order valence-electron chi connectivity index (χ3n) is 0. The Labute approximate surface area is 118 Å². The zero-order valence-corrected chi connectivity index (χ0v) is 12.8. The van der Waals surface area contributed by atoms with Crippen molar-refractivity contribution in [3.05, 3.63) is 0 Å². The summed E-state index contributed by atoms with van der Waals surface area (Å²) in [5, 5.41) is 16.7. The summed E-state index contributed by atoms with van der Waals surface area (Å²) in [5.41, 5.74) is 0. The van der Waals surface area contributed by atoms with Crippen LogP contribution in [0.25, 0.3) is 0 Å². The Morgan fingerprint density at radius 1 is 1.00 bits per heavy atom. The topological polar surface area (TPSA) is 213 Å². The first kappa shape index (κ1) is 83.5. The van der Waals surface area contributed by atoms with Gasteiger partial charge in [0.15, 0.2) is 0 Å². The van der Waals surface area contributed by atoms with E-state index in [9.17, 15) is 0 Å². The Balaban J connectivity index is -0.00000000214. The number of hydrogen-bond donors (Lipinski definition) is 0. The molecule has 0 spiro atoms. The van der Waals surface area contributed by atoms with Gasteiger partial charge >= 0.3 is 71.3 Å². The van der Waals surface area contributed by atoms with E-state index < -0.39 is 6.16 Å². The molecule has 0 bridgehead atoms. The SMILES string of the molecule is O.O.O=C([O-])[O-].[Ba+2].[O-2].[O-2].[OH-].[Ta+5]. The van der Waals surface area contributed by atoms with Crippen LogP contribution in [0.15, 0.2) is 0 Å². The molecular formula is CH5BaO8Ta. The summed E-state index contributed by atoms with van der Waals surface area (Å²) in [4.78, 5) is 8.33. The summed E-state index contributed by atoms with van der Waals surface area (Å²) in [6, 6.07) is 0. The van der Waals surface area contributed by atoms with E-state index in [4.69, 9.17) is 15.0 Å². The van der Waals surface area contributed by atoms with Gasteiger partial charge < -0.3 is 42.4 Å². The predicted molar refractivity (Wildman–Crippen MR) is 21.7 cm³/mol. The number of hydrogen-bond acceptors (Lipinski definition) is 4. The molecule has 0 aliphatic rings. The molecule has 0 heterocycles. The number of carbonyl (C=O) groups is 1. The summed E-state index contributed by atoms with van der Waals surface area (Å²) in [6.45, 7) is 0. The van der Waals surface area contributed by atoms with Gasteiger partial charge in [-0.15, -0.1) is 0 Å². The van der Waals surface area contributed by atoms with Gasteiger partial charge in [0.25, 0.3) is 0 Å². The van der Waals surface area contributed by atoms with Crippen LogP contribution in [0.2, 0.25) is 0 Å². The van der Waals surface area contributed by atoms with E-state index in [2.05, 4.69) is 0 Å². The largest absolute Gasteiger partial charge is 5.00 e. The molecule has 8 nitrogen and oxygen atoms in total. The second-order valence-corrected chi connectivity index (χ2v) is 0.250. The van der Waals surface area contributed by atoms with Gasteiger partial charge in [-0.1, -0.05) is 0 Å². The van der Waals surface area contributed by atoms with E-state index in [1.807, 2.05) is 0 Å². The fourth-order valence-corrected chi connectivity index (χ4v) is 0. The molecular weight excluding hydrogens is 458 g/mol. The van der Waals surface area contributed by atoms with Gasteiger partial charge in [-0.05, 0) is 6.16 Å². The molecule has 0 amide bonds. The van der Waals surface area contributed by atoms with Gasteiger partial charge in [0.05, 0.1) is 0 Å². The molecule has 0 atom stereocenters. The first-order valence-electron chi connectivity index (χ1n) is 0.612. The normalized spacial score (nSPS) is 2.18. The zero-order chi connectivity index (χ0) is 3.58. The summed E-state index contributed by atoms with van der Waals surface area (Å²) in [5.74, 6) is 0.